The van der Waals surface area contributed by atoms with Gasteiger partial charge >= 0.3 is 6.03 Å². The normalized spacial score (nSPS) is 17.2. The fourth-order valence-corrected chi connectivity index (χ4v) is 2.69. The van der Waals surface area contributed by atoms with E-state index in [0.29, 0.717) is 19.5 Å². The first-order valence-electron chi connectivity index (χ1n) is 7.77. The van der Waals surface area contributed by atoms with Gasteiger partial charge in [0.15, 0.2) is 0 Å². The molecular weight excluding hydrogens is 315 g/mol. The minimum absolute atomic E-state index is 0.0986. The van der Waals surface area contributed by atoms with Crippen LogP contribution in [-0.4, -0.2) is 55.5 Å². The summed E-state index contributed by atoms with van der Waals surface area (Å²) in [5, 5.41) is 4.64. The van der Waals surface area contributed by atoms with Crippen molar-refractivity contribution in [3.05, 3.63) is 30.1 Å². The second-order valence-corrected chi connectivity index (χ2v) is 5.57. The number of rotatable bonds is 5. The molecule has 2 N–H and O–H groups in total. The Balaban J connectivity index is 1.96. The van der Waals surface area contributed by atoms with Crippen molar-refractivity contribution < 1.29 is 18.8 Å². The van der Waals surface area contributed by atoms with Gasteiger partial charge in [-0.25, -0.2) is 9.18 Å². The highest BCUT2D eigenvalue weighted by Crippen LogP contribution is 2.26. The van der Waals surface area contributed by atoms with Crippen LogP contribution < -0.4 is 15.5 Å². The Morgan fingerprint density at radius 1 is 1.38 bits per heavy atom. The first-order chi connectivity index (χ1) is 11.4. The van der Waals surface area contributed by atoms with Gasteiger partial charge in [-0.05, 0) is 32.5 Å². The number of hydrogen-bond donors (Lipinski definition) is 2. The molecule has 1 atom stereocenters. The smallest absolute Gasteiger partial charge is 0.321 e. The molecule has 0 aromatic heterocycles. The van der Waals surface area contributed by atoms with Crippen molar-refractivity contribution in [2.24, 2.45) is 0 Å². The van der Waals surface area contributed by atoms with Crippen LogP contribution in [-0.2, 0) is 9.59 Å². The molecule has 0 aliphatic carbocycles. The quantitative estimate of drug-likeness (QED) is 0.830. The zero-order chi connectivity index (χ0) is 17.7. The number of nitrogens with zero attached hydrogens (tertiary/aromatic N) is 2. The molecule has 1 aliphatic heterocycles. The van der Waals surface area contributed by atoms with Crippen molar-refractivity contribution in [1.82, 2.24) is 15.5 Å². The highest BCUT2D eigenvalue weighted by Gasteiger charge is 2.36. The van der Waals surface area contributed by atoms with Crippen LogP contribution in [0.2, 0.25) is 0 Å². The van der Waals surface area contributed by atoms with Crippen molar-refractivity contribution >= 4 is 23.5 Å². The molecule has 0 bridgehead atoms. The standard InChI is InChI=1S/C16H21FN4O3/c1-3-18-16(24)19-14(22)10-20(2)13-8-9-21(15(13)23)12-7-5-4-6-11(12)17/h4-7,13H,3,8-10H2,1-2H3,(H2,18,19,22,24). The van der Waals surface area contributed by atoms with Gasteiger partial charge < -0.3 is 10.2 Å². The number of carbonyl (C=O) groups is 3. The molecule has 0 saturated carbocycles. The van der Waals surface area contributed by atoms with Crippen molar-refractivity contribution in [2.45, 2.75) is 19.4 Å². The Morgan fingerprint density at radius 3 is 2.75 bits per heavy atom. The van der Waals surface area contributed by atoms with Crippen LogP contribution in [0.25, 0.3) is 0 Å². The average molecular weight is 336 g/mol. The summed E-state index contributed by atoms with van der Waals surface area (Å²) in [6.45, 7) is 2.43. The van der Waals surface area contributed by atoms with Crippen molar-refractivity contribution in [3.63, 3.8) is 0 Å². The maximum atomic E-state index is 13.9. The molecule has 4 amide bonds. The van der Waals surface area contributed by atoms with Gasteiger partial charge in [-0.15, -0.1) is 0 Å². The highest BCUT2D eigenvalue weighted by atomic mass is 19.1. The molecule has 1 aromatic carbocycles. The fourth-order valence-electron chi connectivity index (χ4n) is 2.69. The average Bonchev–Trinajstić information content (AvgIpc) is 2.89. The van der Waals surface area contributed by atoms with E-state index in [-0.39, 0.29) is 18.1 Å². The predicted molar refractivity (Wildman–Crippen MR) is 87.0 cm³/mol. The molecule has 1 saturated heterocycles. The minimum Gasteiger partial charge on any atom is -0.338 e. The molecule has 1 fully saturated rings. The summed E-state index contributed by atoms with van der Waals surface area (Å²) in [7, 11) is 1.63. The number of imide groups is 1. The topological polar surface area (TPSA) is 81.8 Å². The summed E-state index contributed by atoms with van der Waals surface area (Å²) >= 11 is 0. The molecule has 0 spiro atoms. The summed E-state index contributed by atoms with van der Waals surface area (Å²) < 4.78 is 13.9. The van der Waals surface area contributed by atoms with Gasteiger partial charge in [-0.2, -0.15) is 0 Å². The van der Waals surface area contributed by atoms with E-state index in [1.54, 1.807) is 37.1 Å². The minimum atomic E-state index is -0.568. The third kappa shape index (κ3) is 4.08. The molecule has 1 unspecified atom stereocenters. The lowest BCUT2D eigenvalue weighted by molar-refractivity contribution is -0.124. The third-order valence-electron chi connectivity index (χ3n) is 3.84. The number of para-hydroxylation sites is 1. The molecule has 1 aromatic rings. The van der Waals surface area contributed by atoms with Crippen molar-refractivity contribution in [2.75, 3.05) is 31.6 Å². The van der Waals surface area contributed by atoms with Crippen LogP contribution in [0.5, 0.6) is 0 Å². The number of anilines is 1. The molecule has 130 valence electrons. The van der Waals surface area contributed by atoms with Crippen LogP contribution >= 0.6 is 0 Å². The second kappa shape index (κ2) is 7.87. The third-order valence-corrected chi connectivity index (χ3v) is 3.84. The first kappa shape index (κ1) is 17.9. The van der Waals surface area contributed by atoms with E-state index in [0.717, 1.165) is 0 Å². The van der Waals surface area contributed by atoms with Crippen molar-refractivity contribution in [3.8, 4) is 0 Å². The lowest BCUT2D eigenvalue weighted by Gasteiger charge is -2.23. The molecular formula is C16H21FN4O3. The van der Waals surface area contributed by atoms with Gasteiger partial charge in [-0.3, -0.25) is 19.8 Å². The van der Waals surface area contributed by atoms with Gasteiger partial charge in [0.2, 0.25) is 11.8 Å². The SMILES string of the molecule is CCNC(=O)NC(=O)CN(C)C1CCN(c2ccccc2F)C1=O. The Hall–Kier alpha value is -2.48. The van der Waals surface area contributed by atoms with Crippen LogP contribution in [0.4, 0.5) is 14.9 Å². The number of benzene rings is 1. The first-order valence-corrected chi connectivity index (χ1v) is 7.77. The van der Waals surface area contributed by atoms with E-state index in [2.05, 4.69) is 10.6 Å². The number of likely N-dealkylation sites (N-methyl/N-ethyl adjacent to an activating group) is 1. The Labute approximate surface area is 139 Å². The van der Waals surface area contributed by atoms with E-state index in [1.807, 2.05) is 0 Å². The maximum absolute atomic E-state index is 13.9. The number of nitrogens with one attached hydrogen (secondary N) is 2. The van der Waals surface area contributed by atoms with Gasteiger partial charge in [0, 0.05) is 13.1 Å². The Kier molecular flexibility index (Phi) is 5.86. The zero-order valence-corrected chi connectivity index (χ0v) is 13.7. The molecule has 8 heteroatoms. The largest absolute Gasteiger partial charge is 0.338 e. The highest BCUT2D eigenvalue weighted by molar-refractivity contribution is 6.00. The fraction of sp³-hybridized carbons (Fsp3) is 0.438. The molecule has 2 rings (SSSR count). The summed E-state index contributed by atoms with van der Waals surface area (Å²) in [6.07, 6.45) is 0.484. The van der Waals surface area contributed by atoms with E-state index in [9.17, 15) is 18.8 Å². The molecule has 24 heavy (non-hydrogen) atoms. The van der Waals surface area contributed by atoms with E-state index >= 15 is 0 Å². The number of hydrogen-bond acceptors (Lipinski definition) is 4. The van der Waals surface area contributed by atoms with Gasteiger partial charge in [0.05, 0.1) is 18.3 Å². The predicted octanol–water partition coefficient (Wildman–Crippen LogP) is 0.709. The Morgan fingerprint density at radius 2 is 2.08 bits per heavy atom. The van der Waals surface area contributed by atoms with E-state index < -0.39 is 23.8 Å². The van der Waals surface area contributed by atoms with E-state index in [4.69, 9.17) is 0 Å². The van der Waals surface area contributed by atoms with Crippen molar-refractivity contribution in [1.29, 1.82) is 0 Å². The van der Waals surface area contributed by atoms with Crippen LogP contribution in [0.1, 0.15) is 13.3 Å². The lowest BCUT2D eigenvalue weighted by Crippen LogP contribution is -2.47. The number of amides is 4. The molecule has 1 heterocycles. The molecule has 1 aliphatic rings. The number of halogens is 1. The molecule has 0 radical (unpaired) electrons. The van der Waals surface area contributed by atoms with Crippen LogP contribution in [0, 0.1) is 5.82 Å². The van der Waals surface area contributed by atoms with Crippen LogP contribution in [0.3, 0.4) is 0 Å². The monoisotopic (exact) mass is 336 g/mol. The van der Waals surface area contributed by atoms with Gasteiger partial charge in [-0.1, -0.05) is 12.1 Å². The van der Waals surface area contributed by atoms with Gasteiger partial charge in [0.25, 0.3) is 0 Å². The summed E-state index contributed by atoms with van der Waals surface area (Å²) in [5.41, 5.74) is 0.241. The number of urea groups is 1. The summed E-state index contributed by atoms with van der Waals surface area (Å²) in [6, 6.07) is 5.00. The van der Waals surface area contributed by atoms with E-state index in [1.165, 1.54) is 11.0 Å². The summed E-state index contributed by atoms with van der Waals surface area (Å²) in [5.74, 6) is -1.21. The Bertz CT molecular complexity index is 638. The summed E-state index contributed by atoms with van der Waals surface area (Å²) in [4.78, 5) is 38.6. The molecule has 7 nitrogen and oxygen atoms in total. The maximum Gasteiger partial charge on any atom is 0.321 e. The zero-order valence-electron chi connectivity index (χ0n) is 13.7. The second-order valence-electron chi connectivity index (χ2n) is 5.57. The van der Waals surface area contributed by atoms with Gasteiger partial charge in [0.1, 0.15) is 5.82 Å². The lowest BCUT2D eigenvalue weighted by atomic mass is 10.2. The van der Waals surface area contributed by atoms with Crippen LogP contribution in [0.15, 0.2) is 24.3 Å². The number of carbonyl (C=O) groups excluding carboxylic acids is 3.